The Morgan fingerprint density at radius 3 is 1.71 bits per heavy atom. The Morgan fingerprint density at radius 1 is 0.857 bits per heavy atom. The molecular formula is C10H12O4. The van der Waals surface area contributed by atoms with Crippen LogP contribution in [0.3, 0.4) is 0 Å². The molecule has 0 radical (unpaired) electrons. The highest BCUT2D eigenvalue weighted by Crippen LogP contribution is 2.44. The molecule has 0 bridgehead atoms. The van der Waals surface area contributed by atoms with E-state index in [2.05, 4.69) is 0 Å². The van der Waals surface area contributed by atoms with Gasteiger partial charge in [0.2, 0.25) is 0 Å². The second-order valence-corrected chi connectivity index (χ2v) is 4.37. The lowest BCUT2D eigenvalue weighted by molar-refractivity contribution is -0.146. The third-order valence-corrected chi connectivity index (χ3v) is 3.61. The number of carbonyl (C=O) groups is 2. The first kappa shape index (κ1) is 8.26. The van der Waals surface area contributed by atoms with E-state index in [9.17, 15) is 9.59 Å². The normalized spacial score (nSPS) is 45.4. The summed E-state index contributed by atoms with van der Waals surface area (Å²) in [6.45, 7) is 0. The van der Waals surface area contributed by atoms with Gasteiger partial charge in [0.05, 0.1) is 12.8 Å². The van der Waals surface area contributed by atoms with Crippen LogP contribution in [-0.4, -0.2) is 24.1 Å². The van der Waals surface area contributed by atoms with E-state index in [4.69, 9.17) is 9.47 Å². The molecule has 3 rings (SSSR count). The van der Waals surface area contributed by atoms with Crippen LogP contribution < -0.4 is 0 Å². The monoisotopic (exact) mass is 196 g/mol. The van der Waals surface area contributed by atoms with Crippen LogP contribution in [0.5, 0.6) is 0 Å². The molecule has 2 saturated heterocycles. The number of carbonyl (C=O) groups excluding carboxylic acids is 2. The minimum atomic E-state index is -0.111. The zero-order valence-electron chi connectivity index (χ0n) is 7.77. The van der Waals surface area contributed by atoms with Crippen molar-refractivity contribution in [3.05, 3.63) is 0 Å². The number of fused-ring (bicyclic) bond motifs is 3. The third-order valence-electron chi connectivity index (χ3n) is 3.61. The van der Waals surface area contributed by atoms with E-state index in [1.165, 1.54) is 0 Å². The molecule has 4 atom stereocenters. The van der Waals surface area contributed by atoms with E-state index in [1.807, 2.05) is 0 Å². The molecule has 14 heavy (non-hydrogen) atoms. The summed E-state index contributed by atoms with van der Waals surface area (Å²) in [5.74, 6) is 0.236. The summed E-state index contributed by atoms with van der Waals surface area (Å²) in [5.41, 5.74) is 0. The second kappa shape index (κ2) is 2.72. The van der Waals surface area contributed by atoms with Crippen LogP contribution in [0.15, 0.2) is 0 Å². The maximum atomic E-state index is 11.1. The fourth-order valence-corrected chi connectivity index (χ4v) is 2.99. The summed E-state index contributed by atoms with van der Waals surface area (Å²) in [7, 11) is 0. The second-order valence-electron chi connectivity index (χ2n) is 4.37. The van der Waals surface area contributed by atoms with E-state index in [1.54, 1.807) is 0 Å². The Labute approximate surface area is 81.6 Å². The molecule has 4 heteroatoms. The van der Waals surface area contributed by atoms with Crippen LogP contribution in [0.1, 0.15) is 25.7 Å². The summed E-state index contributed by atoms with van der Waals surface area (Å²) in [5, 5.41) is 0. The lowest BCUT2D eigenvalue weighted by atomic mass is 9.75. The Balaban J connectivity index is 1.84. The molecule has 0 unspecified atom stereocenters. The van der Waals surface area contributed by atoms with Gasteiger partial charge in [-0.25, -0.2) is 0 Å². The van der Waals surface area contributed by atoms with Crippen molar-refractivity contribution in [2.75, 3.05) is 0 Å². The average Bonchev–Trinajstić information content (AvgIpc) is 2.65. The molecular weight excluding hydrogens is 184 g/mol. The zero-order chi connectivity index (χ0) is 9.71. The van der Waals surface area contributed by atoms with Crippen LogP contribution in [-0.2, 0) is 19.1 Å². The van der Waals surface area contributed by atoms with E-state index in [0.29, 0.717) is 12.8 Å². The zero-order valence-corrected chi connectivity index (χ0v) is 7.77. The number of ether oxygens (including phenoxy) is 2. The lowest BCUT2D eigenvalue weighted by Gasteiger charge is -2.31. The van der Waals surface area contributed by atoms with Gasteiger partial charge in [0, 0.05) is 11.8 Å². The summed E-state index contributed by atoms with van der Waals surface area (Å²) in [6.07, 6.45) is 2.76. The van der Waals surface area contributed by atoms with Gasteiger partial charge in [-0.15, -0.1) is 0 Å². The van der Waals surface area contributed by atoms with Crippen molar-refractivity contribution in [3.63, 3.8) is 0 Å². The first-order chi connectivity index (χ1) is 6.74. The quantitative estimate of drug-likeness (QED) is 0.533. The summed E-state index contributed by atoms with van der Waals surface area (Å²) < 4.78 is 10.4. The molecule has 2 aliphatic heterocycles. The summed E-state index contributed by atoms with van der Waals surface area (Å²) in [4.78, 5) is 22.3. The van der Waals surface area contributed by atoms with Gasteiger partial charge in [-0.2, -0.15) is 0 Å². The smallest absolute Gasteiger partial charge is 0.306 e. The Hall–Kier alpha value is -1.06. The molecule has 0 spiro atoms. The molecule has 76 valence electrons. The van der Waals surface area contributed by atoms with Crippen LogP contribution in [0.2, 0.25) is 0 Å². The highest BCUT2D eigenvalue weighted by atomic mass is 16.6. The van der Waals surface area contributed by atoms with Gasteiger partial charge in [-0.1, -0.05) is 0 Å². The van der Waals surface area contributed by atoms with Crippen LogP contribution in [0, 0.1) is 11.8 Å². The molecule has 1 saturated carbocycles. The maximum Gasteiger partial charge on any atom is 0.306 e. The van der Waals surface area contributed by atoms with Crippen LogP contribution in [0.25, 0.3) is 0 Å². The van der Waals surface area contributed by atoms with Crippen molar-refractivity contribution in [2.45, 2.75) is 37.9 Å². The Bertz CT molecular complexity index is 268. The predicted octanol–water partition coefficient (Wildman–Crippen LogP) is 0.644. The van der Waals surface area contributed by atoms with Crippen LogP contribution in [0.4, 0.5) is 0 Å². The maximum absolute atomic E-state index is 11.1. The van der Waals surface area contributed by atoms with Crippen molar-refractivity contribution in [1.29, 1.82) is 0 Å². The first-order valence-corrected chi connectivity index (χ1v) is 5.13. The number of rotatable bonds is 0. The van der Waals surface area contributed by atoms with E-state index in [0.717, 1.165) is 12.8 Å². The van der Waals surface area contributed by atoms with Gasteiger partial charge >= 0.3 is 11.9 Å². The molecule has 3 aliphatic rings. The molecule has 4 nitrogen and oxygen atoms in total. The van der Waals surface area contributed by atoms with Gasteiger partial charge < -0.3 is 9.47 Å². The third kappa shape index (κ3) is 1.06. The molecule has 1 aliphatic carbocycles. The van der Waals surface area contributed by atoms with Gasteiger partial charge in [0.1, 0.15) is 12.2 Å². The number of esters is 2. The molecule has 0 aromatic carbocycles. The summed E-state index contributed by atoms with van der Waals surface area (Å²) in [6, 6.07) is 0. The van der Waals surface area contributed by atoms with Gasteiger partial charge in [0.15, 0.2) is 0 Å². The van der Waals surface area contributed by atoms with Crippen molar-refractivity contribution in [1.82, 2.24) is 0 Å². The largest absolute Gasteiger partial charge is 0.462 e. The summed E-state index contributed by atoms with van der Waals surface area (Å²) >= 11 is 0. The highest BCUT2D eigenvalue weighted by molar-refractivity contribution is 5.75. The van der Waals surface area contributed by atoms with E-state index >= 15 is 0 Å². The van der Waals surface area contributed by atoms with Crippen molar-refractivity contribution >= 4 is 11.9 Å². The van der Waals surface area contributed by atoms with Crippen molar-refractivity contribution in [2.24, 2.45) is 11.8 Å². The van der Waals surface area contributed by atoms with Crippen LogP contribution >= 0.6 is 0 Å². The van der Waals surface area contributed by atoms with Gasteiger partial charge in [-0.3, -0.25) is 9.59 Å². The van der Waals surface area contributed by atoms with E-state index < -0.39 is 0 Å². The SMILES string of the molecule is O=C1C[C@H]2[C@@H]3CC(=O)O[C@@H]3CC[C@H]2O1. The minimum Gasteiger partial charge on any atom is -0.462 e. The van der Waals surface area contributed by atoms with E-state index in [-0.39, 0.29) is 36.0 Å². The number of hydrogen-bond acceptors (Lipinski definition) is 4. The fourth-order valence-electron chi connectivity index (χ4n) is 2.99. The Kier molecular flexibility index (Phi) is 1.60. The molecule has 2 heterocycles. The predicted molar refractivity (Wildman–Crippen MR) is 45.2 cm³/mol. The highest BCUT2D eigenvalue weighted by Gasteiger charge is 2.51. The van der Waals surface area contributed by atoms with Gasteiger partial charge in [0.25, 0.3) is 0 Å². The average molecular weight is 196 g/mol. The molecule has 0 aromatic rings. The lowest BCUT2D eigenvalue weighted by Crippen LogP contribution is -2.35. The molecule has 0 N–H and O–H groups in total. The standard InChI is InChI=1S/C10H12O4/c11-9-3-5-6-4-10(12)14-8(6)2-1-7(5)13-9/h5-8H,1-4H2/t5-,6-,7+,8+/m0/s1. The molecule has 0 aromatic heterocycles. The van der Waals surface area contributed by atoms with Crippen molar-refractivity contribution < 1.29 is 19.1 Å². The molecule has 3 fully saturated rings. The van der Waals surface area contributed by atoms with Gasteiger partial charge in [-0.05, 0) is 12.8 Å². The topological polar surface area (TPSA) is 52.6 Å². The first-order valence-electron chi connectivity index (χ1n) is 5.13. The number of hydrogen-bond donors (Lipinski definition) is 0. The Morgan fingerprint density at radius 2 is 1.29 bits per heavy atom. The molecule has 0 amide bonds. The fraction of sp³-hybridized carbons (Fsp3) is 0.800. The minimum absolute atomic E-state index is 0.0539. The van der Waals surface area contributed by atoms with Crippen molar-refractivity contribution in [3.8, 4) is 0 Å².